The summed E-state index contributed by atoms with van der Waals surface area (Å²) in [5, 5.41) is 0.782. The van der Waals surface area contributed by atoms with Crippen LogP contribution in [0.1, 0.15) is 16.7 Å². The number of fused-ring (bicyclic) bond motifs is 1. The molecule has 1 amide bonds. The first kappa shape index (κ1) is 20.8. The van der Waals surface area contributed by atoms with E-state index in [0.29, 0.717) is 13.0 Å². The van der Waals surface area contributed by atoms with E-state index in [2.05, 4.69) is 55.3 Å². The minimum atomic E-state index is 0.0953. The van der Waals surface area contributed by atoms with Crippen molar-refractivity contribution in [1.82, 2.24) is 9.88 Å². The van der Waals surface area contributed by atoms with Gasteiger partial charge in [-0.3, -0.25) is 9.69 Å². The van der Waals surface area contributed by atoms with E-state index in [0.717, 1.165) is 33.0 Å². The number of thioether (sulfide) groups is 1. The Hall–Kier alpha value is -1.89. The van der Waals surface area contributed by atoms with Crippen LogP contribution in [0.15, 0.2) is 41.3 Å². The lowest BCUT2D eigenvalue weighted by Crippen LogP contribution is -2.37. The van der Waals surface area contributed by atoms with Gasteiger partial charge in [0.2, 0.25) is 5.91 Å². The summed E-state index contributed by atoms with van der Waals surface area (Å²) in [6.07, 6.45) is 2.46. The molecule has 0 aliphatic heterocycles. The second-order valence-corrected chi connectivity index (χ2v) is 9.17. The number of nitrogens with zero attached hydrogens (tertiary/aromatic N) is 3. The molecule has 0 aliphatic carbocycles. The molecule has 2 aromatic carbocycles. The molecule has 28 heavy (non-hydrogen) atoms. The third-order valence-corrected chi connectivity index (χ3v) is 6.49. The SMILES string of the molecule is CSc1ccc2nc(N(CCN(C)C)C(=O)Cc3ccc(C)cc3C)sc2c1. The van der Waals surface area contributed by atoms with Gasteiger partial charge in [-0.05, 0) is 63.5 Å². The van der Waals surface area contributed by atoms with Crippen LogP contribution in [0.3, 0.4) is 0 Å². The van der Waals surface area contributed by atoms with Gasteiger partial charge in [-0.1, -0.05) is 35.1 Å². The molecular formula is C22H27N3OS2. The van der Waals surface area contributed by atoms with Gasteiger partial charge in [0.05, 0.1) is 16.6 Å². The second kappa shape index (κ2) is 9.07. The van der Waals surface area contributed by atoms with Crippen LogP contribution in [0.5, 0.6) is 0 Å². The number of benzene rings is 2. The van der Waals surface area contributed by atoms with Crippen LogP contribution in [0, 0.1) is 13.8 Å². The van der Waals surface area contributed by atoms with Crippen molar-refractivity contribution in [2.75, 3.05) is 38.3 Å². The molecule has 0 spiro atoms. The topological polar surface area (TPSA) is 36.4 Å². The van der Waals surface area contributed by atoms with Crippen molar-refractivity contribution in [2.24, 2.45) is 0 Å². The lowest BCUT2D eigenvalue weighted by molar-refractivity contribution is -0.118. The van der Waals surface area contributed by atoms with Gasteiger partial charge in [0, 0.05) is 18.0 Å². The highest BCUT2D eigenvalue weighted by Crippen LogP contribution is 2.32. The van der Waals surface area contributed by atoms with Crippen LogP contribution in [0.4, 0.5) is 5.13 Å². The average Bonchev–Trinajstić information content (AvgIpc) is 3.06. The normalized spacial score (nSPS) is 11.4. The van der Waals surface area contributed by atoms with Gasteiger partial charge in [-0.25, -0.2) is 4.98 Å². The third kappa shape index (κ3) is 4.93. The molecule has 0 saturated carbocycles. The number of hydrogen-bond acceptors (Lipinski definition) is 5. The maximum atomic E-state index is 13.2. The molecule has 4 nitrogen and oxygen atoms in total. The van der Waals surface area contributed by atoms with E-state index in [1.165, 1.54) is 10.5 Å². The molecule has 0 atom stereocenters. The van der Waals surface area contributed by atoms with E-state index in [1.54, 1.807) is 23.1 Å². The van der Waals surface area contributed by atoms with Crippen molar-refractivity contribution in [2.45, 2.75) is 25.2 Å². The smallest absolute Gasteiger partial charge is 0.233 e. The molecule has 0 saturated heterocycles. The minimum absolute atomic E-state index is 0.0953. The Morgan fingerprint density at radius 3 is 2.57 bits per heavy atom. The molecule has 0 aliphatic rings. The Balaban J connectivity index is 1.90. The summed E-state index contributed by atoms with van der Waals surface area (Å²) in [4.78, 5) is 23.2. The maximum Gasteiger partial charge on any atom is 0.233 e. The summed E-state index contributed by atoms with van der Waals surface area (Å²) in [5.41, 5.74) is 4.41. The Kier molecular flexibility index (Phi) is 6.75. The number of carbonyl (C=O) groups excluding carboxylic acids is 1. The summed E-state index contributed by atoms with van der Waals surface area (Å²) in [7, 11) is 4.05. The predicted octanol–water partition coefficient (Wildman–Crippen LogP) is 4.77. The molecule has 3 aromatic rings. The number of carbonyl (C=O) groups is 1. The number of likely N-dealkylation sites (N-methyl/N-ethyl adjacent to an activating group) is 1. The van der Waals surface area contributed by atoms with Gasteiger partial charge in [0.25, 0.3) is 0 Å². The van der Waals surface area contributed by atoms with Gasteiger partial charge < -0.3 is 4.90 Å². The maximum absolute atomic E-state index is 13.2. The van der Waals surface area contributed by atoms with E-state index in [1.807, 2.05) is 25.1 Å². The number of thiazole rings is 1. The molecular weight excluding hydrogens is 386 g/mol. The van der Waals surface area contributed by atoms with Gasteiger partial charge >= 0.3 is 0 Å². The highest BCUT2D eigenvalue weighted by Gasteiger charge is 2.21. The Labute approximate surface area is 175 Å². The van der Waals surface area contributed by atoms with E-state index in [-0.39, 0.29) is 5.91 Å². The molecule has 0 N–H and O–H groups in total. The van der Waals surface area contributed by atoms with Crippen molar-refractivity contribution in [3.8, 4) is 0 Å². The quantitative estimate of drug-likeness (QED) is 0.523. The zero-order valence-electron chi connectivity index (χ0n) is 17.2. The van der Waals surface area contributed by atoms with Crippen molar-refractivity contribution in [3.63, 3.8) is 0 Å². The molecule has 1 aromatic heterocycles. The molecule has 0 fully saturated rings. The number of amides is 1. The van der Waals surface area contributed by atoms with Crippen molar-refractivity contribution in [3.05, 3.63) is 53.1 Å². The standard InChI is InChI=1S/C22H27N3OS2/c1-15-6-7-17(16(2)12-15)13-21(26)25(11-10-24(3)4)22-23-19-9-8-18(27-5)14-20(19)28-22/h6-9,12,14H,10-11,13H2,1-5H3. The highest BCUT2D eigenvalue weighted by molar-refractivity contribution is 7.98. The molecule has 0 radical (unpaired) electrons. The lowest BCUT2D eigenvalue weighted by atomic mass is 10.0. The first-order valence-electron chi connectivity index (χ1n) is 9.33. The van der Waals surface area contributed by atoms with Crippen molar-refractivity contribution >= 4 is 44.4 Å². The molecule has 0 unspecified atom stereocenters. The van der Waals surface area contributed by atoms with Gasteiger partial charge in [-0.2, -0.15) is 0 Å². The second-order valence-electron chi connectivity index (χ2n) is 7.29. The van der Waals surface area contributed by atoms with Crippen molar-refractivity contribution in [1.29, 1.82) is 0 Å². The summed E-state index contributed by atoms with van der Waals surface area (Å²) in [5.74, 6) is 0.0953. The zero-order chi connectivity index (χ0) is 20.3. The van der Waals surface area contributed by atoms with E-state index < -0.39 is 0 Å². The monoisotopic (exact) mass is 413 g/mol. The number of rotatable bonds is 7. The summed E-state index contributed by atoms with van der Waals surface area (Å²) in [6.45, 7) is 5.57. The average molecular weight is 414 g/mol. The van der Waals surface area contributed by atoms with Crippen LogP contribution in [0.2, 0.25) is 0 Å². The van der Waals surface area contributed by atoms with Crippen LogP contribution < -0.4 is 4.90 Å². The number of aromatic nitrogens is 1. The minimum Gasteiger partial charge on any atom is -0.308 e. The fourth-order valence-corrected chi connectivity index (χ4v) is 4.63. The first-order chi connectivity index (χ1) is 13.4. The summed E-state index contributed by atoms with van der Waals surface area (Å²) in [6, 6.07) is 12.5. The van der Waals surface area contributed by atoms with Crippen LogP contribution in [0.25, 0.3) is 10.2 Å². The highest BCUT2D eigenvalue weighted by atomic mass is 32.2. The van der Waals surface area contributed by atoms with Gasteiger partial charge in [-0.15, -0.1) is 11.8 Å². The van der Waals surface area contributed by atoms with Crippen LogP contribution in [-0.2, 0) is 11.2 Å². The fourth-order valence-electron chi connectivity index (χ4n) is 3.06. The zero-order valence-corrected chi connectivity index (χ0v) is 18.8. The molecule has 0 bridgehead atoms. The predicted molar refractivity (Wildman–Crippen MR) is 122 cm³/mol. The first-order valence-corrected chi connectivity index (χ1v) is 11.4. The Morgan fingerprint density at radius 1 is 1.11 bits per heavy atom. The summed E-state index contributed by atoms with van der Waals surface area (Å²) < 4.78 is 1.12. The summed E-state index contributed by atoms with van der Waals surface area (Å²) >= 11 is 3.31. The lowest BCUT2D eigenvalue weighted by Gasteiger charge is -2.22. The largest absolute Gasteiger partial charge is 0.308 e. The third-order valence-electron chi connectivity index (χ3n) is 4.73. The molecule has 148 valence electrons. The Morgan fingerprint density at radius 2 is 1.89 bits per heavy atom. The number of aryl methyl sites for hydroxylation is 2. The Bertz CT molecular complexity index is 981. The number of hydrogen-bond donors (Lipinski definition) is 0. The van der Waals surface area contributed by atoms with Gasteiger partial charge in [0.15, 0.2) is 5.13 Å². The van der Waals surface area contributed by atoms with Crippen LogP contribution in [-0.4, -0.2) is 49.2 Å². The van der Waals surface area contributed by atoms with Gasteiger partial charge in [0.1, 0.15) is 0 Å². The fraction of sp³-hybridized carbons (Fsp3) is 0.364. The van der Waals surface area contributed by atoms with Crippen molar-refractivity contribution < 1.29 is 4.79 Å². The molecule has 3 rings (SSSR count). The van der Waals surface area contributed by atoms with E-state index in [9.17, 15) is 4.79 Å². The molecule has 6 heteroatoms. The van der Waals surface area contributed by atoms with Crippen LogP contribution >= 0.6 is 23.1 Å². The number of anilines is 1. The van der Waals surface area contributed by atoms with E-state index in [4.69, 9.17) is 4.98 Å². The molecule has 1 heterocycles. The van der Waals surface area contributed by atoms with E-state index >= 15 is 0 Å².